The summed E-state index contributed by atoms with van der Waals surface area (Å²) in [5, 5.41) is 0. The molecule has 5 rings (SSSR count). The summed E-state index contributed by atoms with van der Waals surface area (Å²) in [7, 11) is 0. The average Bonchev–Trinajstić information content (AvgIpc) is 3.35. The minimum atomic E-state index is 0.213. The molecule has 3 heterocycles. The topological polar surface area (TPSA) is 32.9 Å². The van der Waals surface area contributed by atoms with Crippen molar-refractivity contribution in [3.05, 3.63) is 71.5 Å². The fourth-order valence-electron chi connectivity index (χ4n) is 2.97. The van der Waals surface area contributed by atoms with Gasteiger partial charge in [0, 0.05) is 36.5 Å². The second kappa shape index (κ2) is 6.50. The summed E-state index contributed by atoms with van der Waals surface area (Å²) < 4.78 is 0.494. The van der Waals surface area contributed by atoms with Gasteiger partial charge in [-0.25, -0.2) is 0 Å². The van der Waals surface area contributed by atoms with Crippen LogP contribution in [0.25, 0.3) is 0 Å². The molecule has 0 saturated carbocycles. The molecule has 0 radical (unpaired) electrons. The van der Waals surface area contributed by atoms with Gasteiger partial charge in [-0.3, -0.25) is 4.79 Å². The van der Waals surface area contributed by atoms with E-state index in [2.05, 4.69) is 53.5 Å². The molecule has 6 heteroatoms. The predicted octanol–water partition coefficient (Wildman–Crippen LogP) is 6.62. The summed E-state index contributed by atoms with van der Waals surface area (Å²) in [6.45, 7) is 0. The molecule has 2 aromatic carbocycles. The minimum absolute atomic E-state index is 0.213. The second-order valence-electron chi connectivity index (χ2n) is 5.74. The van der Waals surface area contributed by atoms with E-state index >= 15 is 0 Å². The second-order valence-corrected chi connectivity index (χ2v) is 10.9. The first-order chi connectivity index (χ1) is 12.3. The molecule has 1 N–H and O–H groups in total. The van der Waals surface area contributed by atoms with Gasteiger partial charge in [0.2, 0.25) is 0 Å². The van der Waals surface area contributed by atoms with Crippen molar-refractivity contribution in [1.29, 1.82) is 0 Å². The van der Waals surface area contributed by atoms with E-state index in [4.69, 9.17) is 0 Å². The number of benzene rings is 2. The van der Waals surface area contributed by atoms with Gasteiger partial charge in [0.15, 0.2) is 6.29 Å². The van der Waals surface area contributed by atoms with Crippen LogP contribution < -0.4 is 0 Å². The van der Waals surface area contributed by atoms with E-state index < -0.39 is 0 Å². The SMILES string of the molecule is O=Cc1cc(C2Sc3ccccc3S2)[nH]c1C1Sc2ccccc2S1. The highest BCUT2D eigenvalue weighted by Gasteiger charge is 2.31. The van der Waals surface area contributed by atoms with E-state index in [1.54, 1.807) is 0 Å². The number of hydrogen-bond donors (Lipinski definition) is 1. The summed E-state index contributed by atoms with van der Waals surface area (Å²) in [5.41, 5.74) is 2.94. The lowest BCUT2D eigenvalue weighted by Gasteiger charge is -2.08. The number of nitrogens with one attached hydrogen (secondary N) is 1. The summed E-state index contributed by atoms with van der Waals surface area (Å²) in [6.07, 6.45) is 0.983. The van der Waals surface area contributed by atoms with Gasteiger partial charge in [-0.1, -0.05) is 24.3 Å². The van der Waals surface area contributed by atoms with Crippen molar-refractivity contribution in [2.75, 3.05) is 0 Å². The molecule has 0 spiro atoms. The number of fused-ring (bicyclic) bond motifs is 2. The molecule has 0 fully saturated rings. The van der Waals surface area contributed by atoms with Crippen molar-refractivity contribution in [1.82, 2.24) is 4.98 Å². The molecule has 25 heavy (non-hydrogen) atoms. The van der Waals surface area contributed by atoms with E-state index in [0.29, 0.717) is 0 Å². The Hall–Kier alpha value is -1.21. The minimum Gasteiger partial charge on any atom is -0.358 e. The zero-order chi connectivity index (χ0) is 16.8. The Morgan fingerprint density at radius 1 is 0.760 bits per heavy atom. The molecule has 1 aromatic heterocycles. The first-order valence-corrected chi connectivity index (χ1v) is 11.4. The highest BCUT2D eigenvalue weighted by atomic mass is 32.2. The Morgan fingerprint density at radius 3 is 1.72 bits per heavy atom. The number of aromatic nitrogens is 1. The Bertz CT molecular complexity index is 918. The lowest BCUT2D eigenvalue weighted by Crippen LogP contribution is -1.92. The molecule has 0 bridgehead atoms. The summed E-state index contributed by atoms with van der Waals surface area (Å²) in [4.78, 5) is 20.4. The number of carbonyl (C=O) groups excluding carboxylic acids is 1. The van der Waals surface area contributed by atoms with Crippen molar-refractivity contribution < 1.29 is 4.79 Å². The van der Waals surface area contributed by atoms with Crippen LogP contribution >= 0.6 is 47.0 Å². The Balaban J connectivity index is 1.45. The third-order valence-electron chi connectivity index (χ3n) is 4.15. The lowest BCUT2D eigenvalue weighted by molar-refractivity contribution is 0.112. The Kier molecular flexibility index (Phi) is 4.16. The van der Waals surface area contributed by atoms with Crippen LogP contribution in [0.3, 0.4) is 0 Å². The van der Waals surface area contributed by atoms with Crippen LogP contribution in [0.5, 0.6) is 0 Å². The summed E-state index contributed by atoms with van der Waals surface area (Å²) >= 11 is 7.35. The molecule has 0 saturated heterocycles. The first-order valence-electron chi connectivity index (χ1n) is 7.84. The van der Waals surface area contributed by atoms with Crippen LogP contribution in [0.1, 0.15) is 30.9 Å². The van der Waals surface area contributed by atoms with Gasteiger partial charge in [0.05, 0.1) is 4.58 Å². The molecule has 0 unspecified atom stereocenters. The number of carbonyl (C=O) groups is 1. The van der Waals surface area contributed by atoms with Crippen LogP contribution in [0.4, 0.5) is 0 Å². The molecular weight excluding hydrogens is 386 g/mol. The molecule has 0 amide bonds. The number of aromatic amines is 1. The predicted molar refractivity (Wildman–Crippen MR) is 108 cm³/mol. The fourth-order valence-corrected chi connectivity index (χ4v) is 8.60. The van der Waals surface area contributed by atoms with Crippen molar-refractivity contribution in [2.45, 2.75) is 28.7 Å². The van der Waals surface area contributed by atoms with E-state index in [0.717, 1.165) is 23.2 Å². The largest absolute Gasteiger partial charge is 0.358 e. The van der Waals surface area contributed by atoms with E-state index in [9.17, 15) is 4.79 Å². The number of H-pyrrole nitrogens is 1. The maximum atomic E-state index is 11.7. The van der Waals surface area contributed by atoms with Crippen LogP contribution in [-0.4, -0.2) is 11.3 Å². The molecule has 2 nitrogen and oxygen atoms in total. The van der Waals surface area contributed by atoms with Gasteiger partial charge >= 0.3 is 0 Å². The number of aldehydes is 1. The van der Waals surface area contributed by atoms with Gasteiger partial charge < -0.3 is 4.98 Å². The number of hydrogen-bond acceptors (Lipinski definition) is 5. The van der Waals surface area contributed by atoms with Crippen LogP contribution in [0.15, 0.2) is 74.2 Å². The first kappa shape index (κ1) is 16.0. The summed E-state index contributed by atoms with van der Waals surface area (Å²) in [5.74, 6) is 0. The third kappa shape index (κ3) is 2.85. The smallest absolute Gasteiger partial charge is 0.151 e. The highest BCUT2D eigenvalue weighted by Crippen LogP contribution is 2.59. The lowest BCUT2D eigenvalue weighted by atomic mass is 10.3. The van der Waals surface area contributed by atoms with Gasteiger partial charge in [-0.05, 0) is 30.3 Å². The zero-order valence-corrected chi connectivity index (χ0v) is 16.2. The van der Waals surface area contributed by atoms with E-state index in [1.165, 1.54) is 19.6 Å². The Labute approximate surface area is 162 Å². The molecular formula is C19H13NOS4. The van der Waals surface area contributed by atoms with Gasteiger partial charge in [-0.15, -0.1) is 47.0 Å². The highest BCUT2D eigenvalue weighted by molar-refractivity contribution is 8.19. The zero-order valence-electron chi connectivity index (χ0n) is 13.0. The third-order valence-corrected chi connectivity index (χ3v) is 9.84. The number of rotatable bonds is 3. The molecule has 2 aliphatic rings. The molecule has 124 valence electrons. The van der Waals surface area contributed by atoms with Crippen LogP contribution in [0.2, 0.25) is 0 Å². The molecule has 0 atom stereocenters. The van der Waals surface area contributed by atoms with Crippen molar-refractivity contribution in [3.8, 4) is 0 Å². The normalized spacial score (nSPS) is 16.8. The van der Waals surface area contributed by atoms with Gasteiger partial charge in [-0.2, -0.15) is 0 Å². The van der Waals surface area contributed by atoms with Crippen molar-refractivity contribution in [3.63, 3.8) is 0 Å². The van der Waals surface area contributed by atoms with Gasteiger partial charge in [0.1, 0.15) is 4.58 Å². The standard InChI is InChI=1S/C19H13NOS4/c21-10-11-9-12(18-22-13-5-1-2-6-14(13)23-18)20-17(11)19-24-15-7-3-4-8-16(15)25-19/h1-10,18-20H. The average molecular weight is 400 g/mol. The summed E-state index contributed by atoms with van der Waals surface area (Å²) in [6, 6.07) is 18.9. The molecule has 3 aromatic rings. The maximum absolute atomic E-state index is 11.7. The van der Waals surface area contributed by atoms with Crippen molar-refractivity contribution >= 4 is 53.3 Å². The maximum Gasteiger partial charge on any atom is 0.151 e. The quantitative estimate of drug-likeness (QED) is 0.500. The van der Waals surface area contributed by atoms with E-state index in [1.807, 2.05) is 53.1 Å². The Morgan fingerprint density at radius 2 is 1.24 bits per heavy atom. The van der Waals surface area contributed by atoms with Gasteiger partial charge in [0.25, 0.3) is 0 Å². The fraction of sp³-hybridized carbons (Fsp3) is 0.105. The van der Waals surface area contributed by atoms with E-state index in [-0.39, 0.29) is 9.16 Å². The monoisotopic (exact) mass is 399 g/mol. The molecule has 0 aliphatic carbocycles. The van der Waals surface area contributed by atoms with Crippen LogP contribution in [-0.2, 0) is 0 Å². The van der Waals surface area contributed by atoms with Crippen LogP contribution in [0, 0.1) is 0 Å². The van der Waals surface area contributed by atoms with Crippen molar-refractivity contribution in [2.24, 2.45) is 0 Å². The number of thioether (sulfide) groups is 4. The molecule has 2 aliphatic heterocycles.